The molecule has 0 saturated carbocycles. The quantitative estimate of drug-likeness (QED) is 0.0477. The average molecular weight is 1070 g/mol. The Hall–Kier alpha value is -1.08. The first-order valence-electron chi connectivity index (χ1n) is 18.3. The van der Waals surface area contributed by atoms with E-state index in [4.69, 9.17) is 0 Å². The molecule has 0 saturated heterocycles. The minimum absolute atomic E-state index is 0. The molecule has 0 aliphatic heterocycles. The standard InChI is InChI=1S/C16H27F10N2O2S.C15H24F10N2O2S.CH3Cl.ClH/c1-28(2,3)9-6-8-27-31(29,30)10-5-4-7-12(14(18,19)20)11-13(17,15(21,22)23)16(24,25)26;1-27(2)8-5-7-26-30(28,29)9-4-3-6-11(13(17,18)19)10-12(16,14(20,21)22)15(23,24)25;1-2;/h12,27H,4-11H2,1-3H3;11,26H,3-10H2,1-2H3;1H3;1H/q+1;;;/p-1. The number of sulfonamides is 2. The molecule has 2 unspecified atom stereocenters. The third-order valence-electron chi connectivity index (χ3n) is 8.64. The Morgan fingerprint density at radius 2 is 0.781 bits per heavy atom. The fourth-order valence-electron chi connectivity index (χ4n) is 5.14. The topological polar surface area (TPSA) is 95.6 Å². The van der Waals surface area contributed by atoms with Crippen molar-refractivity contribution in [2.45, 2.75) is 113 Å². The predicted octanol–water partition coefficient (Wildman–Crippen LogP) is 6.86. The second-order valence-corrected chi connectivity index (χ2v) is 19.3. The van der Waals surface area contributed by atoms with Crippen molar-refractivity contribution in [3.05, 3.63) is 0 Å². The van der Waals surface area contributed by atoms with Crippen LogP contribution in [-0.2, 0) is 20.0 Å². The number of quaternary nitrogens is 1. The van der Waals surface area contributed by atoms with Gasteiger partial charge in [-0.3, -0.25) is 0 Å². The monoisotopic (exact) mass is 1070 g/mol. The van der Waals surface area contributed by atoms with Gasteiger partial charge >= 0.3 is 37.1 Å². The van der Waals surface area contributed by atoms with E-state index >= 15 is 0 Å². The van der Waals surface area contributed by atoms with Gasteiger partial charge in [-0.1, -0.05) is 12.8 Å². The fourth-order valence-corrected chi connectivity index (χ4v) is 7.51. The molecule has 2 atom stereocenters. The van der Waals surface area contributed by atoms with Crippen molar-refractivity contribution < 1.29 is 122 Å². The highest BCUT2D eigenvalue weighted by Gasteiger charge is 2.75. The van der Waals surface area contributed by atoms with Crippen LogP contribution in [0.3, 0.4) is 0 Å². The van der Waals surface area contributed by atoms with Gasteiger partial charge in [-0.25, -0.2) is 35.1 Å². The first-order chi connectivity index (χ1) is 27.7. The van der Waals surface area contributed by atoms with Crippen LogP contribution in [0.15, 0.2) is 0 Å². The summed E-state index contributed by atoms with van der Waals surface area (Å²) < 4.78 is 308. The summed E-state index contributed by atoms with van der Waals surface area (Å²) in [6.45, 7) is 1.29. The first kappa shape index (κ1) is 69.5. The Bertz CT molecular complexity index is 1470. The van der Waals surface area contributed by atoms with Gasteiger partial charge in [-0.15, -0.1) is 11.6 Å². The molecule has 0 bridgehead atoms. The van der Waals surface area contributed by atoms with E-state index in [-0.39, 0.29) is 25.5 Å². The number of nitrogens with zero attached hydrogens (tertiary/aromatic N) is 2. The minimum atomic E-state index is -6.59. The molecular formula is C32H54Cl2F20N4O4S2. The lowest BCUT2D eigenvalue weighted by molar-refractivity contribution is -0.870. The van der Waals surface area contributed by atoms with Gasteiger partial charge < -0.3 is 21.8 Å². The van der Waals surface area contributed by atoms with Crippen LogP contribution in [0.1, 0.15) is 64.2 Å². The van der Waals surface area contributed by atoms with Crippen LogP contribution in [0.25, 0.3) is 0 Å². The fraction of sp³-hybridized carbons (Fsp3) is 1.00. The number of unbranched alkanes of at least 4 members (excludes halogenated alkanes) is 2. The van der Waals surface area contributed by atoms with Gasteiger partial charge in [-0.05, 0) is 52.7 Å². The van der Waals surface area contributed by atoms with Crippen LogP contribution in [0, 0.1) is 11.8 Å². The zero-order chi connectivity index (χ0) is 51.0. The Balaban J connectivity index is -0.000000533. The van der Waals surface area contributed by atoms with E-state index < -0.39 is 143 Å². The molecule has 0 aliphatic rings. The second-order valence-electron chi connectivity index (χ2n) is 15.4. The lowest BCUT2D eigenvalue weighted by atomic mass is 9.87. The molecule has 8 nitrogen and oxygen atoms in total. The summed E-state index contributed by atoms with van der Waals surface area (Å²) >= 11 is 4.64. The van der Waals surface area contributed by atoms with Gasteiger partial charge in [0.25, 0.3) is 11.3 Å². The molecule has 0 fully saturated rings. The molecule has 0 aromatic carbocycles. The molecule has 0 amide bonds. The molecule has 0 aromatic heterocycles. The summed E-state index contributed by atoms with van der Waals surface area (Å²) in [6.07, 6.45) is -45.6. The van der Waals surface area contributed by atoms with E-state index in [0.29, 0.717) is 30.4 Å². The van der Waals surface area contributed by atoms with Crippen LogP contribution >= 0.6 is 11.6 Å². The molecule has 0 aliphatic carbocycles. The number of rotatable bonds is 24. The molecule has 64 heavy (non-hydrogen) atoms. The van der Waals surface area contributed by atoms with Crippen LogP contribution in [0.4, 0.5) is 87.8 Å². The van der Waals surface area contributed by atoms with E-state index in [1.165, 1.54) is 6.38 Å². The van der Waals surface area contributed by atoms with E-state index in [2.05, 4.69) is 21.0 Å². The smallest absolute Gasteiger partial charge is 0.431 e. The third kappa shape index (κ3) is 27.1. The van der Waals surface area contributed by atoms with Gasteiger partial charge in [0.05, 0.1) is 51.0 Å². The second kappa shape index (κ2) is 27.2. The highest BCUT2D eigenvalue weighted by molar-refractivity contribution is 7.89. The maximum absolute atomic E-state index is 13.7. The van der Waals surface area contributed by atoms with Gasteiger partial charge in [0, 0.05) is 38.7 Å². The van der Waals surface area contributed by atoms with Crippen LogP contribution < -0.4 is 21.9 Å². The summed E-state index contributed by atoms with van der Waals surface area (Å²) in [5.41, 5.74) is -12.1. The summed E-state index contributed by atoms with van der Waals surface area (Å²) in [4.78, 5) is 1.78. The number of hydrogen-bond acceptors (Lipinski definition) is 5. The van der Waals surface area contributed by atoms with Crippen molar-refractivity contribution in [2.24, 2.45) is 11.8 Å². The van der Waals surface area contributed by atoms with Gasteiger partial charge in [0.15, 0.2) is 0 Å². The number of hydrogen-bond donors (Lipinski definition) is 2. The molecule has 0 rings (SSSR count). The summed E-state index contributed by atoms with van der Waals surface area (Å²) in [5.74, 6) is -7.83. The molecule has 0 aromatic rings. The maximum Gasteiger partial charge on any atom is 0.431 e. The van der Waals surface area contributed by atoms with Gasteiger partial charge in [-0.2, -0.15) is 79.0 Å². The van der Waals surface area contributed by atoms with Crippen LogP contribution in [0.2, 0.25) is 0 Å². The first-order valence-corrected chi connectivity index (χ1v) is 22.4. The Morgan fingerprint density at radius 3 is 1.02 bits per heavy atom. The molecule has 2 N–H and O–H groups in total. The third-order valence-corrected chi connectivity index (χ3v) is 11.6. The molecule has 392 valence electrons. The zero-order valence-electron chi connectivity index (χ0n) is 35.1. The lowest BCUT2D eigenvalue weighted by Gasteiger charge is -2.33. The minimum Gasteiger partial charge on any atom is -1.00 e. The van der Waals surface area contributed by atoms with Crippen LogP contribution in [-0.4, -0.2) is 154 Å². The highest BCUT2D eigenvalue weighted by Crippen LogP contribution is 2.53. The Labute approximate surface area is 370 Å². The Kier molecular flexibility index (Phi) is 29.5. The van der Waals surface area contributed by atoms with Crippen molar-refractivity contribution in [1.29, 1.82) is 0 Å². The number of alkyl halides is 21. The van der Waals surface area contributed by atoms with E-state index in [1.54, 1.807) is 19.0 Å². The lowest BCUT2D eigenvalue weighted by Crippen LogP contribution is -3.00. The maximum atomic E-state index is 13.7. The molecular weight excluding hydrogens is 1020 g/mol. The average Bonchev–Trinajstić information content (AvgIpc) is 3.05. The van der Waals surface area contributed by atoms with Crippen molar-refractivity contribution >= 4 is 31.6 Å². The van der Waals surface area contributed by atoms with Crippen molar-refractivity contribution in [3.63, 3.8) is 0 Å². The van der Waals surface area contributed by atoms with Crippen LogP contribution in [0.5, 0.6) is 0 Å². The predicted molar refractivity (Wildman–Crippen MR) is 194 cm³/mol. The van der Waals surface area contributed by atoms with Gasteiger partial charge in [0.2, 0.25) is 20.0 Å². The van der Waals surface area contributed by atoms with E-state index in [1.807, 2.05) is 21.1 Å². The summed E-state index contributed by atoms with van der Waals surface area (Å²) in [5, 5.41) is 0. The van der Waals surface area contributed by atoms with Crippen molar-refractivity contribution in [1.82, 2.24) is 14.3 Å². The largest absolute Gasteiger partial charge is 1.00 e. The Morgan fingerprint density at radius 1 is 0.500 bits per heavy atom. The zero-order valence-corrected chi connectivity index (χ0v) is 38.3. The summed E-state index contributed by atoms with van der Waals surface area (Å²) in [6, 6.07) is 0. The van der Waals surface area contributed by atoms with Crippen molar-refractivity contribution in [3.8, 4) is 0 Å². The molecule has 0 spiro atoms. The number of halogens is 22. The molecule has 0 heterocycles. The normalized spacial score (nSPS) is 15.1. The van der Waals surface area contributed by atoms with E-state index in [9.17, 15) is 105 Å². The highest BCUT2D eigenvalue weighted by atomic mass is 35.5. The SMILES string of the molecule is CCl.CN(C)CCCNS(=O)(=O)CCCCC(CC(F)(C(F)(F)F)C(F)(F)F)C(F)(F)F.C[N+](C)(C)CCCNS(=O)(=O)CCCCC(CC(F)(C(F)(F)F)C(F)(F)F)C(F)(F)F.[Cl-]. The van der Waals surface area contributed by atoms with Crippen molar-refractivity contribution in [2.75, 3.05) is 79.3 Å². The molecule has 0 radical (unpaired) electrons. The van der Waals surface area contributed by atoms with E-state index in [0.717, 1.165) is 0 Å². The molecule has 32 heteroatoms. The summed E-state index contributed by atoms with van der Waals surface area (Å²) in [7, 11) is 1.34. The number of nitrogens with one attached hydrogen (secondary N) is 2. The van der Waals surface area contributed by atoms with Gasteiger partial charge in [0.1, 0.15) is 0 Å².